The highest BCUT2D eigenvalue weighted by molar-refractivity contribution is 5.30. The standard InChI is InChI=1S/C15H24N2O3/c1-18-7-2-8-19-9-10-20-15-5-6-16-11-13(15)12-17-14-3-4-14/h5-6,11,14,17H,2-4,7-10,12H2,1H3. The molecule has 5 heteroatoms. The Bertz CT molecular complexity index is 383. The minimum atomic E-state index is 0.563. The average molecular weight is 280 g/mol. The zero-order valence-electron chi connectivity index (χ0n) is 12.1. The summed E-state index contributed by atoms with van der Waals surface area (Å²) < 4.78 is 16.2. The highest BCUT2D eigenvalue weighted by Gasteiger charge is 2.20. The Kier molecular flexibility index (Phi) is 6.77. The van der Waals surface area contributed by atoms with E-state index in [9.17, 15) is 0 Å². The lowest BCUT2D eigenvalue weighted by Crippen LogP contribution is -2.17. The molecule has 0 saturated heterocycles. The third-order valence-corrected chi connectivity index (χ3v) is 3.14. The van der Waals surface area contributed by atoms with Crippen molar-refractivity contribution < 1.29 is 14.2 Å². The number of hydrogen-bond donors (Lipinski definition) is 1. The van der Waals surface area contributed by atoms with Crippen LogP contribution in [-0.2, 0) is 16.0 Å². The number of aromatic nitrogens is 1. The lowest BCUT2D eigenvalue weighted by molar-refractivity contribution is 0.0804. The van der Waals surface area contributed by atoms with Crippen LogP contribution in [0.3, 0.4) is 0 Å². The number of ether oxygens (including phenoxy) is 3. The van der Waals surface area contributed by atoms with E-state index in [-0.39, 0.29) is 0 Å². The van der Waals surface area contributed by atoms with Crippen molar-refractivity contribution in [2.24, 2.45) is 0 Å². The summed E-state index contributed by atoms with van der Waals surface area (Å²) in [6.07, 6.45) is 7.11. The Balaban J connectivity index is 1.63. The molecule has 0 atom stereocenters. The van der Waals surface area contributed by atoms with E-state index in [1.807, 2.05) is 12.3 Å². The fourth-order valence-corrected chi connectivity index (χ4v) is 1.85. The SMILES string of the molecule is COCCCOCCOc1ccncc1CNC1CC1. The molecule has 112 valence electrons. The van der Waals surface area contributed by atoms with Gasteiger partial charge in [-0.15, -0.1) is 0 Å². The summed E-state index contributed by atoms with van der Waals surface area (Å²) >= 11 is 0. The molecule has 1 aliphatic carbocycles. The molecule has 1 aliphatic rings. The van der Waals surface area contributed by atoms with E-state index in [2.05, 4.69) is 10.3 Å². The second-order valence-corrected chi connectivity index (χ2v) is 4.95. The first-order chi connectivity index (χ1) is 9.90. The third-order valence-electron chi connectivity index (χ3n) is 3.14. The number of nitrogens with one attached hydrogen (secondary N) is 1. The quantitative estimate of drug-likeness (QED) is 0.626. The smallest absolute Gasteiger partial charge is 0.126 e. The number of methoxy groups -OCH3 is 1. The monoisotopic (exact) mass is 280 g/mol. The van der Waals surface area contributed by atoms with Gasteiger partial charge in [0, 0.05) is 50.9 Å². The Labute approximate surface area is 120 Å². The summed E-state index contributed by atoms with van der Waals surface area (Å²) in [6.45, 7) is 3.43. The van der Waals surface area contributed by atoms with E-state index in [0.717, 1.165) is 30.9 Å². The van der Waals surface area contributed by atoms with E-state index in [0.29, 0.717) is 25.9 Å². The third kappa shape index (κ3) is 5.86. The van der Waals surface area contributed by atoms with Gasteiger partial charge in [0.05, 0.1) is 6.61 Å². The van der Waals surface area contributed by atoms with Gasteiger partial charge in [-0.1, -0.05) is 0 Å². The summed E-state index contributed by atoms with van der Waals surface area (Å²) in [7, 11) is 1.70. The fourth-order valence-electron chi connectivity index (χ4n) is 1.85. The Hall–Kier alpha value is -1.17. The predicted octanol–water partition coefficient (Wildman–Crippen LogP) is 1.77. The molecule has 1 heterocycles. The van der Waals surface area contributed by atoms with Crippen LogP contribution in [0.1, 0.15) is 24.8 Å². The van der Waals surface area contributed by atoms with E-state index < -0.39 is 0 Å². The van der Waals surface area contributed by atoms with Gasteiger partial charge in [0.1, 0.15) is 12.4 Å². The molecule has 1 N–H and O–H groups in total. The zero-order chi connectivity index (χ0) is 14.0. The first-order valence-corrected chi connectivity index (χ1v) is 7.26. The molecule has 0 spiro atoms. The van der Waals surface area contributed by atoms with Crippen LogP contribution in [0.5, 0.6) is 5.75 Å². The number of pyridine rings is 1. The molecule has 5 nitrogen and oxygen atoms in total. The number of hydrogen-bond acceptors (Lipinski definition) is 5. The molecule has 20 heavy (non-hydrogen) atoms. The molecule has 0 bridgehead atoms. The Morgan fingerprint density at radius 2 is 2.15 bits per heavy atom. The first-order valence-electron chi connectivity index (χ1n) is 7.26. The van der Waals surface area contributed by atoms with Gasteiger partial charge in [0.2, 0.25) is 0 Å². The lowest BCUT2D eigenvalue weighted by Gasteiger charge is -2.11. The largest absolute Gasteiger partial charge is 0.491 e. The van der Waals surface area contributed by atoms with Crippen molar-refractivity contribution in [2.75, 3.05) is 33.5 Å². The average Bonchev–Trinajstić information content (AvgIpc) is 3.29. The molecule has 2 rings (SSSR count). The van der Waals surface area contributed by atoms with E-state index >= 15 is 0 Å². The van der Waals surface area contributed by atoms with Crippen LogP contribution in [0.25, 0.3) is 0 Å². The van der Waals surface area contributed by atoms with E-state index in [4.69, 9.17) is 14.2 Å². The normalized spacial score (nSPS) is 14.4. The summed E-state index contributed by atoms with van der Waals surface area (Å²) in [6, 6.07) is 2.60. The maximum absolute atomic E-state index is 5.76. The van der Waals surface area contributed by atoms with Crippen molar-refractivity contribution in [2.45, 2.75) is 31.8 Å². The zero-order valence-corrected chi connectivity index (χ0v) is 12.1. The van der Waals surface area contributed by atoms with Crippen molar-refractivity contribution in [1.29, 1.82) is 0 Å². The highest BCUT2D eigenvalue weighted by Crippen LogP contribution is 2.21. The van der Waals surface area contributed by atoms with Crippen molar-refractivity contribution in [3.63, 3.8) is 0 Å². The van der Waals surface area contributed by atoms with Crippen molar-refractivity contribution in [1.82, 2.24) is 10.3 Å². The molecule has 1 fully saturated rings. The predicted molar refractivity (Wildman–Crippen MR) is 76.9 cm³/mol. The molecule has 0 radical (unpaired) electrons. The van der Waals surface area contributed by atoms with Gasteiger partial charge < -0.3 is 19.5 Å². The van der Waals surface area contributed by atoms with E-state index in [1.54, 1.807) is 13.3 Å². The first kappa shape index (κ1) is 15.2. The Morgan fingerprint density at radius 3 is 2.95 bits per heavy atom. The van der Waals surface area contributed by atoms with Crippen molar-refractivity contribution in [3.05, 3.63) is 24.0 Å². The van der Waals surface area contributed by atoms with Gasteiger partial charge in [-0.05, 0) is 25.3 Å². The van der Waals surface area contributed by atoms with Crippen LogP contribution in [0.4, 0.5) is 0 Å². The summed E-state index contributed by atoms with van der Waals surface area (Å²) in [4.78, 5) is 4.16. The van der Waals surface area contributed by atoms with Crippen LogP contribution in [0, 0.1) is 0 Å². The molecule has 1 saturated carbocycles. The number of rotatable bonds is 11. The molecule has 0 aliphatic heterocycles. The molecule has 0 unspecified atom stereocenters. The minimum Gasteiger partial charge on any atom is -0.491 e. The molecule has 1 aromatic heterocycles. The second-order valence-electron chi connectivity index (χ2n) is 4.95. The second kappa shape index (κ2) is 8.89. The molecule has 0 amide bonds. The van der Waals surface area contributed by atoms with Gasteiger partial charge in [-0.2, -0.15) is 0 Å². The lowest BCUT2D eigenvalue weighted by atomic mass is 10.2. The van der Waals surface area contributed by atoms with Gasteiger partial charge in [0.15, 0.2) is 0 Å². The van der Waals surface area contributed by atoms with Gasteiger partial charge >= 0.3 is 0 Å². The minimum absolute atomic E-state index is 0.563. The van der Waals surface area contributed by atoms with Crippen LogP contribution in [0.2, 0.25) is 0 Å². The maximum atomic E-state index is 5.76. The summed E-state index contributed by atoms with van der Waals surface area (Å²) in [5.74, 6) is 0.897. The van der Waals surface area contributed by atoms with Crippen molar-refractivity contribution in [3.8, 4) is 5.75 Å². The van der Waals surface area contributed by atoms with E-state index in [1.165, 1.54) is 12.8 Å². The molecule has 0 aromatic carbocycles. The maximum Gasteiger partial charge on any atom is 0.126 e. The fraction of sp³-hybridized carbons (Fsp3) is 0.667. The van der Waals surface area contributed by atoms with Crippen LogP contribution < -0.4 is 10.1 Å². The summed E-state index contributed by atoms with van der Waals surface area (Å²) in [5.41, 5.74) is 1.11. The van der Waals surface area contributed by atoms with Gasteiger partial charge in [-0.25, -0.2) is 0 Å². The van der Waals surface area contributed by atoms with Gasteiger partial charge in [-0.3, -0.25) is 4.98 Å². The molecular weight excluding hydrogens is 256 g/mol. The molecular formula is C15H24N2O3. The highest BCUT2D eigenvalue weighted by atomic mass is 16.5. The topological polar surface area (TPSA) is 52.6 Å². The Morgan fingerprint density at radius 1 is 1.25 bits per heavy atom. The number of nitrogens with zero attached hydrogens (tertiary/aromatic N) is 1. The molecule has 1 aromatic rings. The van der Waals surface area contributed by atoms with Crippen molar-refractivity contribution >= 4 is 0 Å². The van der Waals surface area contributed by atoms with Crippen LogP contribution >= 0.6 is 0 Å². The summed E-state index contributed by atoms with van der Waals surface area (Å²) in [5, 5.41) is 3.47. The van der Waals surface area contributed by atoms with Crippen LogP contribution in [-0.4, -0.2) is 44.6 Å². The van der Waals surface area contributed by atoms with Gasteiger partial charge in [0.25, 0.3) is 0 Å². The van der Waals surface area contributed by atoms with Crippen LogP contribution in [0.15, 0.2) is 18.5 Å².